The second-order valence-corrected chi connectivity index (χ2v) is 3.13. The minimum atomic E-state index is -0.608. The summed E-state index contributed by atoms with van der Waals surface area (Å²) in [6, 6.07) is 0. The smallest absolute Gasteiger partial charge is 0.424 e. The molecule has 7 heteroatoms. The molecule has 94 valence electrons. The van der Waals surface area contributed by atoms with Crippen molar-refractivity contribution in [3.63, 3.8) is 0 Å². The first-order valence-electron chi connectivity index (χ1n) is 4.82. The molecule has 0 aromatic carbocycles. The number of methoxy groups -OCH3 is 1. The molecule has 0 aliphatic carbocycles. The Labute approximate surface area is 94.5 Å². The molecule has 0 aromatic rings. The molecule has 0 radical (unpaired) electrons. The van der Waals surface area contributed by atoms with Crippen LogP contribution in [0.1, 0.15) is 6.42 Å². The molecule has 7 nitrogen and oxygen atoms in total. The molecule has 16 heavy (non-hydrogen) atoms. The second kappa shape index (κ2) is 7.89. The second-order valence-electron chi connectivity index (χ2n) is 3.13. The molecule has 0 saturated heterocycles. The van der Waals surface area contributed by atoms with Gasteiger partial charge in [0.05, 0.1) is 26.7 Å². The summed E-state index contributed by atoms with van der Waals surface area (Å²) in [6.07, 6.45) is -0.522. The fourth-order valence-electron chi connectivity index (χ4n) is 0.961. The van der Waals surface area contributed by atoms with Crippen LogP contribution in [0.3, 0.4) is 0 Å². The zero-order valence-electron chi connectivity index (χ0n) is 9.80. The molecule has 0 atom stereocenters. The number of esters is 1. The molecule has 0 rings (SSSR count). The van der Waals surface area contributed by atoms with Crippen molar-refractivity contribution in [1.82, 2.24) is 10.0 Å². The lowest BCUT2D eigenvalue weighted by Crippen LogP contribution is -2.43. The van der Waals surface area contributed by atoms with Gasteiger partial charge in [-0.15, -0.1) is 0 Å². The van der Waals surface area contributed by atoms with Crippen molar-refractivity contribution < 1.29 is 24.2 Å². The lowest BCUT2D eigenvalue weighted by atomic mass is 10.4. The summed E-state index contributed by atoms with van der Waals surface area (Å²) < 4.78 is 9.19. The van der Waals surface area contributed by atoms with Gasteiger partial charge in [-0.2, -0.15) is 0 Å². The van der Waals surface area contributed by atoms with Crippen molar-refractivity contribution in [2.45, 2.75) is 6.42 Å². The number of nitrogens with zero attached hydrogens (tertiary/aromatic N) is 2. The number of carbonyl (C=O) groups excluding carboxylic acids is 2. The van der Waals surface area contributed by atoms with Crippen LogP contribution in [-0.4, -0.2) is 68.2 Å². The van der Waals surface area contributed by atoms with Gasteiger partial charge in [0.1, 0.15) is 6.61 Å². The Balaban J connectivity index is 4.16. The summed E-state index contributed by atoms with van der Waals surface area (Å²) in [5, 5.41) is 11.3. The van der Waals surface area contributed by atoms with Crippen LogP contribution in [0.5, 0.6) is 0 Å². The van der Waals surface area contributed by atoms with E-state index in [4.69, 9.17) is 9.84 Å². The first-order chi connectivity index (χ1) is 7.52. The molecule has 1 N–H and O–H groups in total. The van der Waals surface area contributed by atoms with E-state index in [0.29, 0.717) is 0 Å². The maximum absolute atomic E-state index is 11.4. The Morgan fingerprint density at radius 2 is 1.94 bits per heavy atom. The predicted molar refractivity (Wildman–Crippen MR) is 55.5 cm³/mol. The van der Waals surface area contributed by atoms with Crippen LogP contribution in [0.15, 0.2) is 0 Å². The average Bonchev–Trinajstić information content (AvgIpc) is 2.25. The van der Waals surface area contributed by atoms with E-state index >= 15 is 0 Å². The fraction of sp³-hybridized carbons (Fsp3) is 0.778. The van der Waals surface area contributed by atoms with E-state index in [0.717, 1.165) is 0 Å². The molecule has 0 aliphatic rings. The fourth-order valence-corrected chi connectivity index (χ4v) is 0.961. The molecule has 0 spiro atoms. The molecule has 0 bridgehead atoms. The van der Waals surface area contributed by atoms with E-state index in [1.807, 2.05) is 0 Å². The lowest BCUT2D eigenvalue weighted by molar-refractivity contribution is -0.141. The summed E-state index contributed by atoms with van der Waals surface area (Å²) in [6.45, 7) is -0.130. The molecule has 0 aromatic heterocycles. The Bertz CT molecular complexity index is 232. The van der Waals surface area contributed by atoms with Crippen molar-refractivity contribution >= 4 is 12.1 Å². The number of carbonyl (C=O) groups is 2. The number of rotatable bonds is 6. The van der Waals surface area contributed by atoms with Crippen molar-refractivity contribution in [3.05, 3.63) is 0 Å². The van der Waals surface area contributed by atoms with Crippen molar-refractivity contribution in [2.24, 2.45) is 0 Å². The topological polar surface area (TPSA) is 79.3 Å². The Hall–Kier alpha value is -1.34. The first kappa shape index (κ1) is 14.7. The van der Waals surface area contributed by atoms with Crippen LogP contribution in [0.25, 0.3) is 0 Å². The minimum absolute atomic E-state index is 0.0681. The number of hydrogen-bond acceptors (Lipinski definition) is 6. The summed E-state index contributed by atoms with van der Waals surface area (Å²) in [4.78, 5) is 22.4. The van der Waals surface area contributed by atoms with E-state index in [1.165, 1.54) is 17.1 Å². The van der Waals surface area contributed by atoms with Gasteiger partial charge < -0.3 is 14.6 Å². The van der Waals surface area contributed by atoms with Crippen molar-refractivity contribution in [2.75, 3.05) is 41.0 Å². The standard InChI is InChI=1S/C9H18N2O5/c1-10(2)11(5-4-8(13)15-3)9(14)16-7-6-12/h12H,4-7H2,1-3H3. The summed E-state index contributed by atoms with van der Waals surface area (Å²) >= 11 is 0. The van der Waals surface area contributed by atoms with Gasteiger partial charge in [0.2, 0.25) is 0 Å². The van der Waals surface area contributed by atoms with Crippen LogP contribution >= 0.6 is 0 Å². The molecule has 0 fully saturated rings. The molecule has 0 saturated carbocycles. The van der Waals surface area contributed by atoms with Crippen molar-refractivity contribution in [1.29, 1.82) is 0 Å². The maximum atomic E-state index is 11.4. The summed E-state index contributed by atoms with van der Waals surface area (Å²) in [5.41, 5.74) is 0. The van der Waals surface area contributed by atoms with E-state index < -0.39 is 12.1 Å². The predicted octanol–water partition coefficient (Wildman–Crippen LogP) is -0.543. The molecule has 1 amide bonds. The number of hydrogen-bond donors (Lipinski definition) is 1. The number of amides is 1. The number of aliphatic hydroxyl groups is 1. The van der Waals surface area contributed by atoms with Crippen LogP contribution in [0.4, 0.5) is 4.79 Å². The highest BCUT2D eigenvalue weighted by Crippen LogP contribution is 1.99. The van der Waals surface area contributed by atoms with Gasteiger partial charge >= 0.3 is 12.1 Å². The van der Waals surface area contributed by atoms with Crippen molar-refractivity contribution in [3.8, 4) is 0 Å². The average molecular weight is 234 g/mol. The summed E-state index contributed by atoms with van der Waals surface area (Å²) in [7, 11) is 4.58. The highest BCUT2D eigenvalue weighted by molar-refractivity contribution is 5.71. The highest BCUT2D eigenvalue weighted by Gasteiger charge is 2.18. The van der Waals surface area contributed by atoms with Crippen LogP contribution < -0.4 is 0 Å². The monoisotopic (exact) mass is 234 g/mol. The zero-order valence-corrected chi connectivity index (χ0v) is 9.80. The van der Waals surface area contributed by atoms with Crippen LogP contribution in [-0.2, 0) is 14.3 Å². The van der Waals surface area contributed by atoms with E-state index in [-0.39, 0.29) is 26.2 Å². The quantitative estimate of drug-likeness (QED) is 0.491. The minimum Gasteiger partial charge on any atom is -0.469 e. The molecule has 0 heterocycles. The third kappa shape index (κ3) is 5.52. The van der Waals surface area contributed by atoms with Gasteiger partial charge in [0, 0.05) is 14.1 Å². The van der Waals surface area contributed by atoms with Crippen LogP contribution in [0.2, 0.25) is 0 Å². The molecular formula is C9H18N2O5. The zero-order chi connectivity index (χ0) is 12.6. The molecule has 0 aliphatic heterocycles. The number of ether oxygens (including phenoxy) is 2. The van der Waals surface area contributed by atoms with Crippen LogP contribution in [0, 0.1) is 0 Å². The van der Waals surface area contributed by atoms with Gasteiger partial charge in [0.15, 0.2) is 0 Å². The molecular weight excluding hydrogens is 216 g/mol. The Kier molecular flexibility index (Phi) is 7.23. The third-order valence-electron chi connectivity index (χ3n) is 1.77. The maximum Gasteiger partial charge on any atom is 0.424 e. The highest BCUT2D eigenvalue weighted by atomic mass is 16.6. The van der Waals surface area contributed by atoms with E-state index in [9.17, 15) is 9.59 Å². The van der Waals surface area contributed by atoms with Gasteiger partial charge in [-0.05, 0) is 0 Å². The normalized spacial score (nSPS) is 10.1. The largest absolute Gasteiger partial charge is 0.469 e. The van der Waals surface area contributed by atoms with E-state index in [2.05, 4.69) is 4.74 Å². The third-order valence-corrected chi connectivity index (χ3v) is 1.77. The number of aliphatic hydroxyl groups excluding tert-OH is 1. The van der Waals surface area contributed by atoms with Gasteiger partial charge in [0.25, 0.3) is 0 Å². The lowest BCUT2D eigenvalue weighted by Gasteiger charge is -2.27. The Morgan fingerprint density at radius 1 is 1.31 bits per heavy atom. The first-order valence-corrected chi connectivity index (χ1v) is 4.82. The van der Waals surface area contributed by atoms with Gasteiger partial charge in [-0.25, -0.2) is 14.8 Å². The van der Waals surface area contributed by atoms with Gasteiger partial charge in [-0.1, -0.05) is 0 Å². The van der Waals surface area contributed by atoms with E-state index in [1.54, 1.807) is 14.1 Å². The van der Waals surface area contributed by atoms with Gasteiger partial charge in [-0.3, -0.25) is 4.79 Å². The molecule has 0 unspecified atom stereocenters. The number of hydrazine groups is 1. The Morgan fingerprint density at radius 3 is 2.38 bits per heavy atom. The SMILES string of the molecule is COC(=O)CCN(C(=O)OCCO)N(C)C. The summed E-state index contributed by atoms with van der Waals surface area (Å²) in [5.74, 6) is -0.401.